The minimum absolute atomic E-state index is 0.0146. The van der Waals surface area contributed by atoms with Crippen LogP contribution in [0.15, 0.2) is 18.2 Å². The number of hydrogen-bond donors (Lipinski definition) is 1. The Bertz CT molecular complexity index is 532. The summed E-state index contributed by atoms with van der Waals surface area (Å²) in [6, 6.07) is 4.24. The Kier molecular flexibility index (Phi) is 4.49. The smallest absolute Gasteiger partial charge is 0.310 e. The van der Waals surface area contributed by atoms with Crippen LogP contribution in [0.2, 0.25) is 5.02 Å². The lowest BCUT2D eigenvalue weighted by molar-refractivity contribution is -0.146. The lowest BCUT2D eigenvalue weighted by atomic mass is 9.97. The molecule has 1 aliphatic heterocycles. The third-order valence-electron chi connectivity index (χ3n) is 3.42. The zero-order valence-electron chi connectivity index (χ0n) is 11.1. The van der Waals surface area contributed by atoms with Gasteiger partial charge in [0.1, 0.15) is 5.75 Å². The molecule has 1 unspecified atom stereocenters. The number of piperidine rings is 1. The van der Waals surface area contributed by atoms with Crippen LogP contribution in [0.1, 0.15) is 23.2 Å². The predicted octanol–water partition coefficient (Wildman–Crippen LogP) is 2.07. The van der Waals surface area contributed by atoms with Crippen LogP contribution in [0.25, 0.3) is 0 Å². The van der Waals surface area contributed by atoms with E-state index in [0.717, 1.165) is 6.42 Å². The van der Waals surface area contributed by atoms with Crippen LogP contribution in [-0.4, -0.2) is 42.1 Å². The summed E-state index contributed by atoms with van der Waals surface area (Å²) >= 11 is 5.99. The molecule has 1 N–H and O–H groups in total. The highest BCUT2D eigenvalue weighted by Crippen LogP contribution is 2.25. The Balaban J connectivity index is 2.16. The molecule has 20 heavy (non-hydrogen) atoms. The fourth-order valence-corrected chi connectivity index (χ4v) is 2.57. The molecule has 0 saturated carbocycles. The van der Waals surface area contributed by atoms with Crippen molar-refractivity contribution in [2.45, 2.75) is 12.8 Å². The standard InChI is InChI=1S/C14H16ClNO4/c1-20-14(19)9-3-2-6-16(8-9)13(18)11-7-10(17)4-5-12(11)15/h4-5,7,9,17H,2-3,6,8H2,1H3. The molecule has 6 heteroatoms. The van der Waals surface area contributed by atoms with Gasteiger partial charge in [-0.05, 0) is 31.0 Å². The van der Waals surface area contributed by atoms with Gasteiger partial charge < -0.3 is 14.7 Å². The number of ether oxygens (including phenoxy) is 1. The predicted molar refractivity (Wildman–Crippen MR) is 73.8 cm³/mol. The van der Waals surface area contributed by atoms with Gasteiger partial charge in [-0.1, -0.05) is 11.6 Å². The summed E-state index contributed by atoms with van der Waals surface area (Å²) in [5.74, 6) is -0.892. The summed E-state index contributed by atoms with van der Waals surface area (Å²) in [5, 5.41) is 9.74. The minimum Gasteiger partial charge on any atom is -0.508 e. The Hall–Kier alpha value is -1.75. The Morgan fingerprint density at radius 1 is 1.45 bits per heavy atom. The Morgan fingerprint density at radius 3 is 2.90 bits per heavy atom. The molecule has 1 heterocycles. The van der Waals surface area contributed by atoms with E-state index in [9.17, 15) is 14.7 Å². The molecule has 0 aromatic heterocycles. The van der Waals surface area contributed by atoms with E-state index in [0.29, 0.717) is 19.5 Å². The van der Waals surface area contributed by atoms with Crippen molar-refractivity contribution >= 4 is 23.5 Å². The summed E-state index contributed by atoms with van der Waals surface area (Å²) < 4.78 is 4.72. The molecule has 0 aliphatic carbocycles. The van der Waals surface area contributed by atoms with E-state index in [-0.39, 0.29) is 34.1 Å². The van der Waals surface area contributed by atoms with Gasteiger partial charge in [0.2, 0.25) is 0 Å². The van der Waals surface area contributed by atoms with Crippen molar-refractivity contribution in [2.24, 2.45) is 5.92 Å². The molecule has 1 fully saturated rings. The first-order chi connectivity index (χ1) is 9.52. The zero-order chi connectivity index (χ0) is 14.7. The van der Waals surface area contributed by atoms with Crippen LogP contribution in [0, 0.1) is 5.92 Å². The average Bonchev–Trinajstić information content (AvgIpc) is 2.48. The number of hydrogen-bond acceptors (Lipinski definition) is 4. The highest BCUT2D eigenvalue weighted by molar-refractivity contribution is 6.33. The van der Waals surface area contributed by atoms with Crippen LogP contribution in [0.3, 0.4) is 0 Å². The van der Waals surface area contributed by atoms with Gasteiger partial charge in [-0.3, -0.25) is 9.59 Å². The Morgan fingerprint density at radius 2 is 2.20 bits per heavy atom. The van der Waals surface area contributed by atoms with Crippen LogP contribution in [-0.2, 0) is 9.53 Å². The van der Waals surface area contributed by atoms with Gasteiger partial charge in [0.15, 0.2) is 0 Å². The number of rotatable bonds is 2. The normalized spacial score (nSPS) is 18.7. The van der Waals surface area contributed by atoms with Crippen molar-refractivity contribution in [3.63, 3.8) is 0 Å². The molecule has 1 aliphatic rings. The van der Waals surface area contributed by atoms with Crippen molar-refractivity contribution < 1.29 is 19.4 Å². The number of benzene rings is 1. The van der Waals surface area contributed by atoms with Gasteiger partial charge in [-0.15, -0.1) is 0 Å². The van der Waals surface area contributed by atoms with E-state index in [4.69, 9.17) is 16.3 Å². The number of carbonyl (C=O) groups excluding carboxylic acids is 2. The molecule has 1 aromatic rings. The highest BCUT2D eigenvalue weighted by Gasteiger charge is 2.30. The lowest BCUT2D eigenvalue weighted by Crippen LogP contribution is -2.42. The number of carbonyl (C=O) groups is 2. The van der Waals surface area contributed by atoms with Crippen molar-refractivity contribution in [1.29, 1.82) is 0 Å². The molecule has 0 bridgehead atoms. The quantitative estimate of drug-likeness (QED) is 0.849. The number of phenolic OH excluding ortho intramolecular Hbond substituents is 1. The van der Waals surface area contributed by atoms with Crippen molar-refractivity contribution in [3.05, 3.63) is 28.8 Å². The van der Waals surface area contributed by atoms with E-state index in [1.165, 1.54) is 25.3 Å². The van der Waals surface area contributed by atoms with Crippen LogP contribution < -0.4 is 0 Å². The third kappa shape index (κ3) is 3.04. The van der Waals surface area contributed by atoms with Gasteiger partial charge in [0.25, 0.3) is 5.91 Å². The van der Waals surface area contributed by atoms with Gasteiger partial charge in [-0.2, -0.15) is 0 Å². The van der Waals surface area contributed by atoms with Crippen molar-refractivity contribution in [3.8, 4) is 5.75 Å². The van der Waals surface area contributed by atoms with E-state index in [2.05, 4.69) is 0 Å². The molecule has 1 saturated heterocycles. The molecule has 0 spiro atoms. The molecule has 2 rings (SSSR count). The monoisotopic (exact) mass is 297 g/mol. The van der Waals surface area contributed by atoms with Crippen LogP contribution in [0.5, 0.6) is 5.75 Å². The van der Waals surface area contributed by atoms with E-state index in [1.54, 1.807) is 4.90 Å². The van der Waals surface area contributed by atoms with Gasteiger partial charge in [0, 0.05) is 13.1 Å². The Labute approximate surface area is 122 Å². The van der Waals surface area contributed by atoms with E-state index < -0.39 is 0 Å². The van der Waals surface area contributed by atoms with E-state index >= 15 is 0 Å². The average molecular weight is 298 g/mol. The third-order valence-corrected chi connectivity index (χ3v) is 3.75. The lowest BCUT2D eigenvalue weighted by Gasteiger charge is -2.31. The van der Waals surface area contributed by atoms with Gasteiger partial charge in [0.05, 0.1) is 23.6 Å². The minimum atomic E-state index is -0.301. The summed E-state index contributed by atoms with van der Waals surface area (Å²) in [6.45, 7) is 0.885. The fraction of sp³-hybridized carbons (Fsp3) is 0.429. The number of nitrogens with zero attached hydrogens (tertiary/aromatic N) is 1. The second-order valence-electron chi connectivity index (χ2n) is 4.78. The van der Waals surface area contributed by atoms with E-state index in [1.807, 2.05) is 0 Å². The second kappa shape index (κ2) is 6.13. The highest BCUT2D eigenvalue weighted by atomic mass is 35.5. The number of amides is 1. The molecule has 108 valence electrons. The molecule has 1 amide bonds. The molecular weight excluding hydrogens is 282 g/mol. The molecular formula is C14H16ClNO4. The number of phenols is 1. The van der Waals surface area contributed by atoms with Crippen molar-refractivity contribution in [2.75, 3.05) is 20.2 Å². The first-order valence-corrected chi connectivity index (χ1v) is 6.76. The number of esters is 1. The van der Waals surface area contributed by atoms with Gasteiger partial charge >= 0.3 is 5.97 Å². The molecule has 5 nitrogen and oxygen atoms in total. The first-order valence-electron chi connectivity index (χ1n) is 6.38. The second-order valence-corrected chi connectivity index (χ2v) is 5.18. The summed E-state index contributed by atoms with van der Waals surface area (Å²) in [5.41, 5.74) is 0.247. The zero-order valence-corrected chi connectivity index (χ0v) is 11.9. The number of methoxy groups -OCH3 is 1. The first kappa shape index (κ1) is 14.7. The summed E-state index contributed by atoms with van der Waals surface area (Å²) in [6.07, 6.45) is 1.45. The van der Waals surface area contributed by atoms with Crippen LogP contribution >= 0.6 is 11.6 Å². The largest absolute Gasteiger partial charge is 0.508 e. The maximum atomic E-state index is 12.4. The topological polar surface area (TPSA) is 66.8 Å². The maximum absolute atomic E-state index is 12.4. The maximum Gasteiger partial charge on any atom is 0.310 e. The number of halogens is 1. The number of likely N-dealkylation sites (tertiary alicyclic amines) is 1. The summed E-state index contributed by atoms with van der Waals surface area (Å²) in [4.78, 5) is 25.5. The van der Waals surface area contributed by atoms with Crippen molar-refractivity contribution in [1.82, 2.24) is 4.90 Å². The SMILES string of the molecule is COC(=O)C1CCCN(C(=O)c2cc(O)ccc2Cl)C1. The fourth-order valence-electron chi connectivity index (χ4n) is 2.37. The molecule has 1 atom stereocenters. The number of aromatic hydroxyl groups is 1. The molecule has 0 radical (unpaired) electrons. The van der Waals surface area contributed by atoms with Crippen LogP contribution in [0.4, 0.5) is 0 Å². The molecule has 1 aromatic carbocycles. The summed E-state index contributed by atoms with van der Waals surface area (Å²) in [7, 11) is 1.34. The van der Waals surface area contributed by atoms with Gasteiger partial charge in [-0.25, -0.2) is 0 Å².